The highest BCUT2D eigenvalue weighted by Gasteiger charge is 2.45. The SMILES string of the molecule is NC(Cc1ccc(F)cc1F)[C@@H]1O[C@H](CO)[C@@H](O)[C@H](O)[C@H]1O. The highest BCUT2D eigenvalue weighted by atomic mass is 19.1. The zero-order valence-electron chi connectivity index (χ0n) is 11.6. The molecule has 1 aliphatic heterocycles. The van der Waals surface area contributed by atoms with Gasteiger partial charge in [-0.3, -0.25) is 0 Å². The highest BCUT2D eigenvalue weighted by molar-refractivity contribution is 5.20. The van der Waals surface area contributed by atoms with E-state index in [1.807, 2.05) is 0 Å². The van der Waals surface area contributed by atoms with Crippen molar-refractivity contribution in [1.82, 2.24) is 0 Å². The molecule has 8 heteroatoms. The zero-order chi connectivity index (χ0) is 16.4. The van der Waals surface area contributed by atoms with E-state index in [2.05, 4.69) is 0 Å². The van der Waals surface area contributed by atoms with Gasteiger partial charge in [0.1, 0.15) is 42.2 Å². The van der Waals surface area contributed by atoms with Gasteiger partial charge in [-0.1, -0.05) is 6.07 Å². The van der Waals surface area contributed by atoms with Crippen molar-refractivity contribution in [3.8, 4) is 0 Å². The summed E-state index contributed by atoms with van der Waals surface area (Å²) in [6.07, 6.45) is -6.77. The van der Waals surface area contributed by atoms with Crippen LogP contribution in [0.5, 0.6) is 0 Å². The van der Waals surface area contributed by atoms with Crippen molar-refractivity contribution in [3.63, 3.8) is 0 Å². The number of benzene rings is 1. The van der Waals surface area contributed by atoms with E-state index in [0.717, 1.165) is 12.1 Å². The second-order valence-corrected chi connectivity index (χ2v) is 5.40. The summed E-state index contributed by atoms with van der Waals surface area (Å²) < 4.78 is 31.8. The zero-order valence-corrected chi connectivity index (χ0v) is 11.6. The molecule has 1 aliphatic rings. The minimum absolute atomic E-state index is 0.0746. The lowest BCUT2D eigenvalue weighted by molar-refractivity contribution is -0.233. The lowest BCUT2D eigenvalue weighted by Crippen LogP contribution is -2.63. The Labute approximate surface area is 125 Å². The first-order valence-electron chi connectivity index (χ1n) is 6.85. The fourth-order valence-electron chi connectivity index (χ4n) is 2.54. The van der Waals surface area contributed by atoms with E-state index in [1.165, 1.54) is 6.07 Å². The quantitative estimate of drug-likeness (QED) is 0.470. The lowest BCUT2D eigenvalue weighted by atomic mass is 9.89. The molecule has 0 radical (unpaired) electrons. The first-order valence-corrected chi connectivity index (χ1v) is 6.85. The molecule has 1 saturated heterocycles. The van der Waals surface area contributed by atoms with Gasteiger partial charge < -0.3 is 30.9 Å². The van der Waals surface area contributed by atoms with E-state index in [9.17, 15) is 24.1 Å². The number of nitrogens with two attached hydrogens (primary N) is 1. The van der Waals surface area contributed by atoms with E-state index in [4.69, 9.17) is 15.6 Å². The second-order valence-electron chi connectivity index (χ2n) is 5.40. The predicted octanol–water partition coefficient (Wildman–Crippen LogP) is -1.32. The van der Waals surface area contributed by atoms with E-state index in [0.29, 0.717) is 0 Å². The van der Waals surface area contributed by atoms with Crippen LogP contribution in [0.2, 0.25) is 0 Å². The molecule has 1 unspecified atom stereocenters. The summed E-state index contributed by atoms with van der Waals surface area (Å²) >= 11 is 0. The van der Waals surface area contributed by atoms with Gasteiger partial charge in [-0.25, -0.2) is 8.78 Å². The van der Waals surface area contributed by atoms with Gasteiger partial charge >= 0.3 is 0 Å². The fourth-order valence-corrected chi connectivity index (χ4v) is 2.54. The Hall–Kier alpha value is -1.16. The maximum Gasteiger partial charge on any atom is 0.129 e. The van der Waals surface area contributed by atoms with Crippen molar-refractivity contribution in [2.75, 3.05) is 6.61 Å². The summed E-state index contributed by atoms with van der Waals surface area (Å²) in [5.74, 6) is -1.50. The number of aliphatic hydroxyl groups is 4. The second kappa shape index (κ2) is 6.95. The number of ether oxygens (including phenoxy) is 1. The van der Waals surface area contributed by atoms with E-state index in [1.54, 1.807) is 0 Å². The summed E-state index contributed by atoms with van der Waals surface area (Å²) in [4.78, 5) is 0. The van der Waals surface area contributed by atoms with Gasteiger partial charge in [0.25, 0.3) is 0 Å². The lowest BCUT2D eigenvalue weighted by Gasteiger charge is -2.42. The molecule has 0 aliphatic carbocycles. The minimum Gasteiger partial charge on any atom is -0.394 e. The minimum atomic E-state index is -1.54. The highest BCUT2D eigenvalue weighted by Crippen LogP contribution is 2.24. The first kappa shape index (κ1) is 17.2. The van der Waals surface area contributed by atoms with Gasteiger partial charge in [-0.05, 0) is 18.1 Å². The van der Waals surface area contributed by atoms with Crippen LogP contribution >= 0.6 is 0 Å². The number of halogens is 2. The van der Waals surface area contributed by atoms with E-state index in [-0.39, 0.29) is 12.0 Å². The average molecular weight is 319 g/mol. The molecule has 1 fully saturated rings. The third-order valence-electron chi connectivity index (χ3n) is 3.82. The van der Waals surface area contributed by atoms with Crippen LogP contribution in [0.4, 0.5) is 8.78 Å². The summed E-state index contributed by atoms with van der Waals surface area (Å²) in [5, 5.41) is 38.4. The Morgan fingerprint density at radius 1 is 1.14 bits per heavy atom. The molecule has 124 valence electrons. The van der Waals surface area contributed by atoms with Crippen molar-refractivity contribution < 1.29 is 33.9 Å². The molecule has 1 aromatic rings. The maximum absolute atomic E-state index is 13.6. The molecular weight excluding hydrogens is 300 g/mol. The molecule has 2 rings (SSSR count). The molecule has 1 heterocycles. The molecule has 0 saturated carbocycles. The topological polar surface area (TPSA) is 116 Å². The van der Waals surface area contributed by atoms with Crippen LogP contribution < -0.4 is 5.73 Å². The summed E-state index contributed by atoms with van der Waals surface area (Å²) in [6, 6.07) is 2.11. The maximum atomic E-state index is 13.6. The molecule has 6 atom stereocenters. The molecule has 1 aromatic carbocycles. The molecule has 22 heavy (non-hydrogen) atoms. The van der Waals surface area contributed by atoms with Gasteiger partial charge in [0.2, 0.25) is 0 Å². The van der Waals surface area contributed by atoms with Gasteiger partial charge in [-0.15, -0.1) is 0 Å². The normalized spacial score (nSPS) is 33.7. The monoisotopic (exact) mass is 319 g/mol. The standard InChI is InChI=1S/C14H19F2NO5/c15-7-2-1-6(8(16)4-7)3-9(17)14-13(21)12(20)11(19)10(5-18)22-14/h1-2,4,9-14,18-21H,3,5,17H2/t9?,10-,11-,12+,13-,14+/m1/s1. The first-order chi connectivity index (χ1) is 10.3. The summed E-state index contributed by atoms with van der Waals surface area (Å²) in [6.45, 7) is -0.570. The summed E-state index contributed by atoms with van der Waals surface area (Å²) in [5.41, 5.74) is 6.01. The van der Waals surface area contributed by atoms with Crippen LogP contribution in [-0.4, -0.2) is 63.6 Å². The molecule has 0 spiro atoms. The van der Waals surface area contributed by atoms with E-state index >= 15 is 0 Å². The Morgan fingerprint density at radius 2 is 1.82 bits per heavy atom. The Morgan fingerprint density at radius 3 is 2.41 bits per heavy atom. The van der Waals surface area contributed by atoms with Gasteiger partial charge in [-0.2, -0.15) is 0 Å². The van der Waals surface area contributed by atoms with Gasteiger partial charge in [0.15, 0.2) is 0 Å². The molecule has 6 nitrogen and oxygen atoms in total. The van der Waals surface area contributed by atoms with Crippen molar-refractivity contribution in [2.24, 2.45) is 5.73 Å². The molecule has 0 bridgehead atoms. The van der Waals surface area contributed by atoms with Gasteiger partial charge in [0.05, 0.1) is 6.61 Å². The fraction of sp³-hybridized carbons (Fsp3) is 0.571. The molecular formula is C14H19F2NO5. The smallest absolute Gasteiger partial charge is 0.129 e. The number of rotatable bonds is 4. The van der Waals surface area contributed by atoms with Crippen LogP contribution in [-0.2, 0) is 11.2 Å². The molecule has 0 amide bonds. The van der Waals surface area contributed by atoms with Gasteiger partial charge in [0, 0.05) is 12.1 Å². The molecule has 6 N–H and O–H groups in total. The van der Waals surface area contributed by atoms with Crippen LogP contribution in [0.15, 0.2) is 18.2 Å². The Bertz CT molecular complexity index is 516. The van der Waals surface area contributed by atoms with Crippen molar-refractivity contribution in [1.29, 1.82) is 0 Å². The van der Waals surface area contributed by atoms with Crippen LogP contribution in [0.25, 0.3) is 0 Å². The molecule has 0 aromatic heterocycles. The van der Waals surface area contributed by atoms with Crippen LogP contribution in [0.1, 0.15) is 5.56 Å². The largest absolute Gasteiger partial charge is 0.394 e. The van der Waals surface area contributed by atoms with Crippen molar-refractivity contribution in [3.05, 3.63) is 35.4 Å². The van der Waals surface area contributed by atoms with Crippen molar-refractivity contribution >= 4 is 0 Å². The van der Waals surface area contributed by atoms with Crippen LogP contribution in [0, 0.1) is 11.6 Å². The Kier molecular flexibility index (Phi) is 5.43. The summed E-state index contributed by atoms with van der Waals surface area (Å²) in [7, 11) is 0. The third-order valence-corrected chi connectivity index (χ3v) is 3.82. The third kappa shape index (κ3) is 3.43. The Balaban J connectivity index is 2.12. The number of aliphatic hydroxyl groups excluding tert-OH is 4. The number of hydrogen-bond acceptors (Lipinski definition) is 6. The van der Waals surface area contributed by atoms with Crippen molar-refractivity contribution in [2.45, 2.75) is 43.0 Å². The van der Waals surface area contributed by atoms with Crippen LogP contribution in [0.3, 0.4) is 0 Å². The number of hydrogen-bond donors (Lipinski definition) is 5. The van der Waals surface area contributed by atoms with E-state index < -0.39 is 54.8 Å². The average Bonchev–Trinajstić information content (AvgIpc) is 2.48. The predicted molar refractivity (Wildman–Crippen MR) is 71.8 cm³/mol.